The van der Waals surface area contributed by atoms with E-state index in [2.05, 4.69) is 33.0 Å². The third kappa shape index (κ3) is 2.64. The van der Waals surface area contributed by atoms with Crippen molar-refractivity contribution in [1.29, 1.82) is 0 Å². The molecule has 7 atom stereocenters. The Morgan fingerprint density at radius 2 is 1.68 bits per heavy atom. The van der Waals surface area contributed by atoms with Gasteiger partial charge in [-0.05, 0) is 80.5 Å². The van der Waals surface area contributed by atoms with Crippen LogP contribution in [0.2, 0.25) is 0 Å². The molecule has 0 bridgehead atoms. The topological polar surface area (TPSA) is 32.3 Å². The molecule has 0 spiro atoms. The SMILES string of the molecule is CC(C)NC[C@]1(O)CC[C@@H]2[C@H]3CC[C@H]4CCCC[C@]4(C)[C@@H]3CC[C@]21C. The van der Waals surface area contributed by atoms with Gasteiger partial charge in [0.05, 0.1) is 5.60 Å². The first kappa shape index (κ1) is 18.3. The van der Waals surface area contributed by atoms with Crippen LogP contribution in [0.5, 0.6) is 0 Å². The van der Waals surface area contributed by atoms with Crippen molar-refractivity contribution in [1.82, 2.24) is 5.32 Å². The first-order valence-electron chi connectivity index (χ1n) is 11.3. The van der Waals surface area contributed by atoms with E-state index < -0.39 is 5.60 Å². The fraction of sp³-hybridized carbons (Fsp3) is 1.00. The zero-order valence-electron chi connectivity index (χ0n) is 17.1. The molecular weight excluding hydrogens is 306 g/mol. The number of rotatable bonds is 3. The van der Waals surface area contributed by atoms with E-state index in [-0.39, 0.29) is 5.41 Å². The normalized spacial score (nSPS) is 52.6. The minimum absolute atomic E-state index is 0.133. The highest BCUT2D eigenvalue weighted by Crippen LogP contribution is 2.68. The fourth-order valence-electron chi connectivity index (χ4n) is 8.07. The molecule has 0 aliphatic heterocycles. The van der Waals surface area contributed by atoms with Crippen LogP contribution < -0.4 is 5.32 Å². The Hall–Kier alpha value is -0.0800. The fourth-order valence-corrected chi connectivity index (χ4v) is 8.07. The lowest BCUT2D eigenvalue weighted by molar-refractivity contribution is -0.150. The predicted octanol–water partition coefficient (Wildman–Crippen LogP) is 5.15. The van der Waals surface area contributed by atoms with Crippen LogP contribution in [0.1, 0.15) is 91.9 Å². The summed E-state index contributed by atoms with van der Waals surface area (Å²) >= 11 is 0. The first-order valence-corrected chi connectivity index (χ1v) is 11.3. The van der Waals surface area contributed by atoms with Crippen LogP contribution in [0.25, 0.3) is 0 Å². The number of hydrogen-bond donors (Lipinski definition) is 2. The zero-order chi connectivity index (χ0) is 17.9. The summed E-state index contributed by atoms with van der Waals surface area (Å²) in [6, 6.07) is 0.458. The third-order valence-corrected chi connectivity index (χ3v) is 9.71. The summed E-state index contributed by atoms with van der Waals surface area (Å²) in [5.41, 5.74) is 0.254. The van der Waals surface area contributed by atoms with Gasteiger partial charge in [-0.15, -0.1) is 0 Å². The predicted molar refractivity (Wildman–Crippen MR) is 104 cm³/mol. The van der Waals surface area contributed by atoms with Crippen LogP contribution in [0.4, 0.5) is 0 Å². The molecule has 4 rings (SSSR count). The molecular formula is C23H41NO. The Balaban J connectivity index is 1.57. The molecule has 25 heavy (non-hydrogen) atoms. The van der Waals surface area contributed by atoms with Gasteiger partial charge in [0, 0.05) is 18.0 Å². The van der Waals surface area contributed by atoms with Gasteiger partial charge < -0.3 is 10.4 Å². The highest BCUT2D eigenvalue weighted by atomic mass is 16.3. The molecule has 2 heteroatoms. The molecule has 4 aliphatic carbocycles. The Kier molecular flexibility index (Phi) is 4.56. The zero-order valence-corrected chi connectivity index (χ0v) is 17.1. The Morgan fingerprint density at radius 1 is 0.920 bits per heavy atom. The smallest absolute Gasteiger partial charge is 0.0827 e. The molecule has 4 saturated carbocycles. The summed E-state index contributed by atoms with van der Waals surface area (Å²) in [5.74, 6) is 3.57. The van der Waals surface area contributed by atoms with Crippen LogP contribution in [0, 0.1) is 34.5 Å². The van der Waals surface area contributed by atoms with E-state index >= 15 is 0 Å². The van der Waals surface area contributed by atoms with Crippen molar-refractivity contribution in [2.75, 3.05) is 6.54 Å². The summed E-state index contributed by atoms with van der Waals surface area (Å²) in [5, 5.41) is 15.2. The van der Waals surface area contributed by atoms with E-state index in [1.54, 1.807) is 0 Å². The lowest BCUT2D eigenvalue weighted by atomic mass is 9.44. The van der Waals surface area contributed by atoms with Crippen molar-refractivity contribution >= 4 is 0 Å². The van der Waals surface area contributed by atoms with Crippen LogP contribution in [0.15, 0.2) is 0 Å². The average molecular weight is 348 g/mol. The average Bonchev–Trinajstić information content (AvgIpc) is 2.84. The van der Waals surface area contributed by atoms with Gasteiger partial charge in [-0.25, -0.2) is 0 Å². The lowest BCUT2D eigenvalue weighted by Gasteiger charge is -2.61. The molecule has 144 valence electrons. The number of nitrogens with one attached hydrogen (secondary N) is 1. The maximum Gasteiger partial charge on any atom is 0.0827 e. The second-order valence-corrected chi connectivity index (χ2v) is 11.0. The van der Waals surface area contributed by atoms with Gasteiger partial charge in [-0.3, -0.25) is 0 Å². The molecule has 0 saturated heterocycles. The molecule has 0 aromatic rings. The Morgan fingerprint density at radius 3 is 2.44 bits per heavy atom. The molecule has 2 nitrogen and oxygen atoms in total. The van der Waals surface area contributed by atoms with Gasteiger partial charge in [0.2, 0.25) is 0 Å². The van der Waals surface area contributed by atoms with Crippen molar-refractivity contribution in [2.45, 2.75) is 104 Å². The first-order chi connectivity index (χ1) is 11.8. The molecule has 0 unspecified atom stereocenters. The van der Waals surface area contributed by atoms with Gasteiger partial charge in [-0.2, -0.15) is 0 Å². The van der Waals surface area contributed by atoms with E-state index in [1.165, 1.54) is 57.8 Å². The third-order valence-electron chi connectivity index (χ3n) is 9.71. The van der Waals surface area contributed by atoms with Crippen molar-refractivity contribution in [3.05, 3.63) is 0 Å². The number of hydrogen-bond acceptors (Lipinski definition) is 2. The Bertz CT molecular complexity index is 504. The minimum Gasteiger partial charge on any atom is -0.388 e. The van der Waals surface area contributed by atoms with Crippen LogP contribution in [0.3, 0.4) is 0 Å². The molecule has 0 aromatic heterocycles. The van der Waals surface area contributed by atoms with Crippen LogP contribution in [-0.2, 0) is 0 Å². The molecule has 0 radical (unpaired) electrons. The monoisotopic (exact) mass is 347 g/mol. The van der Waals surface area contributed by atoms with Gasteiger partial charge in [-0.1, -0.05) is 40.5 Å². The molecule has 4 aliphatic rings. The summed E-state index contributed by atoms with van der Waals surface area (Å²) < 4.78 is 0. The molecule has 0 aromatic carbocycles. The van der Waals surface area contributed by atoms with Gasteiger partial charge in [0.1, 0.15) is 0 Å². The quantitative estimate of drug-likeness (QED) is 0.740. The minimum atomic E-state index is -0.489. The molecule has 2 N–H and O–H groups in total. The van der Waals surface area contributed by atoms with E-state index in [0.717, 1.165) is 36.6 Å². The van der Waals surface area contributed by atoms with E-state index in [0.29, 0.717) is 11.5 Å². The van der Waals surface area contributed by atoms with Crippen molar-refractivity contribution in [3.8, 4) is 0 Å². The summed E-state index contributed by atoms with van der Waals surface area (Å²) in [6.07, 6.45) is 13.7. The van der Waals surface area contributed by atoms with Crippen molar-refractivity contribution in [3.63, 3.8) is 0 Å². The van der Waals surface area contributed by atoms with Gasteiger partial charge >= 0.3 is 0 Å². The summed E-state index contributed by atoms with van der Waals surface area (Å²) in [4.78, 5) is 0. The Labute approximate surface area is 155 Å². The van der Waals surface area contributed by atoms with Crippen LogP contribution >= 0.6 is 0 Å². The molecule has 0 amide bonds. The van der Waals surface area contributed by atoms with Gasteiger partial charge in [0.25, 0.3) is 0 Å². The van der Waals surface area contributed by atoms with Crippen LogP contribution in [-0.4, -0.2) is 23.3 Å². The second-order valence-electron chi connectivity index (χ2n) is 11.0. The van der Waals surface area contributed by atoms with E-state index in [9.17, 15) is 5.11 Å². The maximum atomic E-state index is 11.6. The number of fused-ring (bicyclic) bond motifs is 5. The molecule has 4 fully saturated rings. The standard InChI is InChI=1S/C23H41NO/c1-16(2)24-15-23(25)14-11-20-18-9-8-17-7-5-6-12-21(17,3)19(18)10-13-22(20,23)4/h16-20,24-25H,5-15H2,1-4H3/t17-,18+,19-,20-,21+,22-,23-/m1/s1. The largest absolute Gasteiger partial charge is 0.388 e. The summed E-state index contributed by atoms with van der Waals surface area (Å²) in [6.45, 7) is 10.3. The van der Waals surface area contributed by atoms with Crippen molar-refractivity contribution in [2.24, 2.45) is 34.5 Å². The highest BCUT2D eigenvalue weighted by Gasteiger charge is 2.64. The number of aliphatic hydroxyl groups is 1. The van der Waals surface area contributed by atoms with Crippen molar-refractivity contribution < 1.29 is 5.11 Å². The van der Waals surface area contributed by atoms with Gasteiger partial charge in [0.15, 0.2) is 0 Å². The highest BCUT2D eigenvalue weighted by molar-refractivity contribution is 5.14. The van der Waals surface area contributed by atoms with E-state index in [4.69, 9.17) is 0 Å². The molecule has 0 heterocycles. The summed E-state index contributed by atoms with van der Waals surface area (Å²) in [7, 11) is 0. The lowest BCUT2D eigenvalue weighted by Crippen LogP contribution is -2.58. The maximum absolute atomic E-state index is 11.6. The van der Waals surface area contributed by atoms with E-state index in [1.807, 2.05) is 0 Å². The second kappa shape index (κ2) is 6.23.